The van der Waals surface area contributed by atoms with E-state index in [-0.39, 0.29) is 6.04 Å². The van der Waals surface area contributed by atoms with Crippen LogP contribution in [0.25, 0.3) is 0 Å². The van der Waals surface area contributed by atoms with E-state index in [2.05, 4.69) is 6.07 Å². The average Bonchev–Trinajstić information content (AvgIpc) is 2.37. The molecule has 0 radical (unpaired) electrons. The summed E-state index contributed by atoms with van der Waals surface area (Å²) in [5, 5.41) is 0.714. The van der Waals surface area contributed by atoms with E-state index in [1.165, 1.54) is 0 Å². The van der Waals surface area contributed by atoms with E-state index in [0.717, 1.165) is 22.4 Å². The molecule has 0 aliphatic heterocycles. The third kappa shape index (κ3) is 3.49. The van der Waals surface area contributed by atoms with Crippen molar-refractivity contribution in [2.75, 3.05) is 6.61 Å². The maximum absolute atomic E-state index is 6.30. The Balaban J connectivity index is 2.32. The highest BCUT2D eigenvalue weighted by atomic mass is 35.5. The van der Waals surface area contributed by atoms with E-state index in [1.54, 1.807) is 0 Å². The van der Waals surface area contributed by atoms with Crippen molar-refractivity contribution in [3.63, 3.8) is 0 Å². The summed E-state index contributed by atoms with van der Waals surface area (Å²) in [6, 6.07) is 13.6. The van der Waals surface area contributed by atoms with Gasteiger partial charge in [0.05, 0.1) is 12.6 Å². The number of nitrogens with two attached hydrogens (primary N) is 1. The predicted molar refractivity (Wildman–Crippen MR) is 79.8 cm³/mol. The smallest absolute Gasteiger partial charge is 0.119 e. The average molecular weight is 276 g/mol. The molecule has 3 heteroatoms. The third-order valence-corrected chi connectivity index (χ3v) is 3.17. The highest BCUT2D eigenvalue weighted by molar-refractivity contribution is 6.30. The molecule has 0 aliphatic rings. The van der Waals surface area contributed by atoms with Gasteiger partial charge in [-0.05, 0) is 54.8 Å². The van der Waals surface area contributed by atoms with Crippen molar-refractivity contribution in [3.8, 4) is 5.75 Å². The van der Waals surface area contributed by atoms with E-state index in [4.69, 9.17) is 22.1 Å². The van der Waals surface area contributed by atoms with E-state index < -0.39 is 0 Å². The maximum atomic E-state index is 6.30. The highest BCUT2D eigenvalue weighted by Crippen LogP contribution is 2.26. The zero-order chi connectivity index (χ0) is 13.8. The van der Waals surface area contributed by atoms with E-state index >= 15 is 0 Å². The molecule has 0 aliphatic carbocycles. The first-order valence-electron chi connectivity index (χ1n) is 6.35. The summed E-state index contributed by atoms with van der Waals surface area (Å²) in [4.78, 5) is 0. The van der Waals surface area contributed by atoms with Crippen molar-refractivity contribution in [1.82, 2.24) is 0 Å². The molecule has 0 spiro atoms. The second kappa shape index (κ2) is 6.09. The zero-order valence-corrected chi connectivity index (χ0v) is 11.9. The van der Waals surface area contributed by atoms with Crippen LogP contribution >= 0.6 is 11.6 Å². The Labute approximate surface area is 119 Å². The lowest BCUT2D eigenvalue weighted by molar-refractivity contribution is 0.340. The summed E-state index contributed by atoms with van der Waals surface area (Å²) in [6.07, 6.45) is 0. The van der Waals surface area contributed by atoms with Crippen molar-refractivity contribution in [1.29, 1.82) is 0 Å². The Morgan fingerprint density at radius 3 is 2.63 bits per heavy atom. The predicted octanol–water partition coefficient (Wildman–Crippen LogP) is 4.10. The molecule has 1 unspecified atom stereocenters. The van der Waals surface area contributed by atoms with Crippen LogP contribution in [0.2, 0.25) is 5.02 Å². The minimum absolute atomic E-state index is 0.196. The molecule has 1 atom stereocenters. The van der Waals surface area contributed by atoms with Gasteiger partial charge in [-0.3, -0.25) is 0 Å². The normalized spacial score (nSPS) is 12.2. The van der Waals surface area contributed by atoms with Gasteiger partial charge in [0.15, 0.2) is 0 Å². The zero-order valence-electron chi connectivity index (χ0n) is 11.2. The SMILES string of the molecule is CCOc1cccc(C(N)c2cc(C)cc(Cl)c2)c1. The van der Waals surface area contributed by atoms with Gasteiger partial charge < -0.3 is 10.5 Å². The minimum Gasteiger partial charge on any atom is -0.494 e. The van der Waals surface area contributed by atoms with Gasteiger partial charge >= 0.3 is 0 Å². The fourth-order valence-electron chi connectivity index (χ4n) is 2.10. The second-order valence-electron chi connectivity index (χ2n) is 4.55. The number of halogens is 1. The number of hydrogen-bond acceptors (Lipinski definition) is 2. The molecule has 0 bridgehead atoms. The molecular weight excluding hydrogens is 258 g/mol. The molecule has 100 valence electrons. The standard InChI is InChI=1S/C16H18ClNO/c1-3-19-15-6-4-5-12(10-15)16(18)13-7-11(2)8-14(17)9-13/h4-10,16H,3,18H2,1-2H3. The summed E-state index contributed by atoms with van der Waals surface area (Å²) < 4.78 is 5.50. The molecule has 0 amide bonds. The van der Waals surface area contributed by atoms with Crippen molar-refractivity contribution in [2.24, 2.45) is 5.73 Å². The summed E-state index contributed by atoms with van der Waals surface area (Å²) in [6.45, 7) is 4.63. The molecule has 0 saturated heterocycles. The lowest BCUT2D eigenvalue weighted by Gasteiger charge is -2.15. The van der Waals surface area contributed by atoms with Gasteiger partial charge in [-0.25, -0.2) is 0 Å². The lowest BCUT2D eigenvalue weighted by atomic mass is 9.98. The lowest BCUT2D eigenvalue weighted by Crippen LogP contribution is -2.12. The molecule has 0 aromatic heterocycles. The van der Waals surface area contributed by atoms with Crippen LogP contribution in [-0.2, 0) is 0 Å². The molecule has 2 aromatic carbocycles. The van der Waals surface area contributed by atoms with Crippen LogP contribution < -0.4 is 10.5 Å². The van der Waals surface area contributed by atoms with Gasteiger partial charge in [0.25, 0.3) is 0 Å². The van der Waals surface area contributed by atoms with Gasteiger partial charge in [-0.15, -0.1) is 0 Å². The summed E-state index contributed by atoms with van der Waals surface area (Å²) in [7, 11) is 0. The second-order valence-corrected chi connectivity index (χ2v) is 4.98. The quantitative estimate of drug-likeness (QED) is 0.912. The third-order valence-electron chi connectivity index (χ3n) is 2.95. The van der Waals surface area contributed by atoms with Gasteiger partial charge in [0.1, 0.15) is 5.75 Å². The molecule has 0 saturated carbocycles. The first kappa shape index (κ1) is 13.9. The van der Waals surface area contributed by atoms with E-state index in [9.17, 15) is 0 Å². The van der Waals surface area contributed by atoms with Gasteiger partial charge in [0, 0.05) is 5.02 Å². The van der Waals surface area contributed by atoms with Crippen LogP contribution in [0.15, 0.2) is 42.5 Å². The van der Waals surface area contributed by atoms with Crippen molar-refractivity contribution < 1.29 is 4.74 Å². The Bertz CT molecular complexity index is 548. The first-order valence-corrected chi connectivity index (χ1v) is 6.73. The molecule has 19 heavy (non-hydrogen) atoms. The number of hydrogen-bond donors (Lipinski definition) is 1. The molecule has 2 rings (SSSR count). The fraction of sp³-hybridized carbons (Fsp3) is 0.250. The topological polar surface area (TPSA) is 35.2 Å². The Hall–Kier alpha value is -1.51. The first-order chi connectivity index (χ1) is 9.10. The van der Waals surface area contributed by atoms with Crippen molar-refractivity contribution in [2.45, 2.75) is 19.9 Å². The fourth-order valence-corrected chi connectivity index (χ4v) is 2.40. The number of benzene rings is 2. The van der Waals surface area contributed by atoms with Crippen LogP contribution in [0.1, 0.15) is 29.7 Å². The van der Waals surface area contributed by atoms with Crippen LogP contribution in [0.4, 0.5) is 0 Å². The van der Waals surface area contributed by atoms with E-state index in [1.807, 2.05) is 50.2 Å². The van der Waals surface area contributed by atoms with Crippen LogP contribution in [0, 0.1) is 6.92 Å². The van der Waals surface area contributed by atoms with Crippen LogP contribution in [-0.4, -0.2) is 6.61 Å². The van der Waals surface area contributed by atoms with Crippen LogP contribution in [0.3, 0.4) is 0 Å². The largest absolute Gasteiger partial charge is 0.494 e. The molecule has 2 N–H and O–H groups in total. The monoisotopic (exact) mass is 275 g/mol. The van der Waals surface area contributed by atoms with Gasteiger partial charge in [-0.1, -0.05) is 29.8 Å². The maximum Gasteiger partial charge on any atom is 0.119 e. The number of ether oxygens (including phenoxy) is 1. The summed E-state index contributed by atoms with van der Waals surface area (Å²) >= 11 is 6.08. The Morgan fingerprint density at radius 2 is 1.95 bits per heavy atom. The van der Waals surface area contributed by atoms with Gasteiger partial charge in [-0.2, -0.15) is 0 Å². The molecular formula is C16H18ClNO. The molecule has 0 heterocycles. The van der Waals surface area contributed by atoms with Crippen molar-refractivity contribution in [3.05, 3.63) is 64.2 Å². The Kier molecular flexibility index (Phi) is 4.46. The van der Waals surface area contributed by atoms with Crippen molar-refractivity contribution >= 4 is 11.6 Å². The van der Waals surface area contributed by atoms with Crippen LogP contribution in [0.5, 0.6) is 5.75 Å². The Morgan fingerprint density at radius 1 is 1.16 bits per heavy atom. The molecule has 0 fully saturated rings. The van der Waals surface area contributed by atoms with E-state index in [0.29, 0.717) is 11.6 Å². The number of rotatable bonds is 4. The summed E-state index contributed by atoms with van der Waals surface area (Å²) in [5.41, 5.74) is 9.45. The number of aryl methyl sites for hydroxylation is 1. The van der Waals surface area contributed by atoms with Gasteiger partial charge in [0.2, 0.25) is 0 Å². The molecule has 2 nitrogen and oxygen atoms in total. The summed E-state index contributed by atoms with van der Waals surface area (Å²) in [5.74, 6) is 0.842. The highest BCUT2D eigenvalue weighted by Gasteiger charge is 2.11. The minimum atomic E-state index is -0.196. The molecule has 2 aromatic rings.